The summed E-state index contributed by atoms with van der Waals surface area (Å²) in [6.07, 6.45) is 54.2. The maximum atomic E-state index is 13.1. The first-order valence-electron chi connectivity index (χ1n) is 39.9. The van der Waals surface area contributed by atoms with Crippen LogP contribution in [0.25, 0.3) is 0 Å². The number of aliphatic hydroxyl groups excluding tert-OH is 1. The predicted octanol–water partition coefficient (Wildman–Crippen LogP) is 22.6. The second-order valence-corrected chi connectivity index (χ2v) is 31.8. The number of hydrogen-bond acceptors (Lipinski definition) is 15. The molecule has 0 bridgehead atoms. The van der Waals surface area contributed by atoms with Crippen LogP contribution in [0.3, 0.4) is 0 Å². The number of rotatable bonds is 75. The highest BCUT2D eigenvalue weighted by molar-refractivity contribution is 7.47. The normalized spacial score (nSPS) is 14.3. The van der Waals surface area contributed by atoms with E-state index in [9.17, 15) is 43.2 Å². The summed E-state index contributed by atoms with van der Waals surface area (Å²) in [5, 5.41) is 10.6. The van der Waals surface area contributed by atoms with Crippen LogP contribution >= 0.6 is 15.6 Å². The lowest BCUT2D eigenvalue weighted by atomic mass is 9.99. The van der Waals surface area contributed by atoms with Crippen LogP contribution in [-0.4, -0.2) is 96.7 Å². The summed E-state index contributed by atoms with van der Waals surface area (Å²) in [5.74, 6) is 0.202. The third kappa shape index (κ3) is 69.2. The van der Waals surface area contributed by atoms with E-state index in [2.05, 4.69) is 48.5 Å². The van der Waals surface area contributed by atoms with Gasteiger partial charge >= 0.3 is 39.5 Å². The fourth-order valence-corrected chi connectivity index (χ4v) is 13.3. The van der Waals surface area contributed by atoms with Gasteiger partial charge in [-0.05, 0) is 43.4 Å². The number of carbonyl (C=O) groups is 4. The summed E-state index contributed by atoms with van der Waals surface area (Å²) in [4.78, 5) is 72.8. The Balaban J connectivity index is 5.18. The fraction of sp³-hybridized carbons (Fsp3) is 0.948. The Labute approximate surface area is 588 Å². The van der Waals surface area contributed by atoms with Crippen molar-refractivity contribution in [3.05, 3.63) is 0 Å². The molecule has 3 N–H and O–H groups in total. The molecule has 96 heavy (non-hydrogen) atoms. The first-order chi connectivity index (χ1) is 46.3. The maximum Gasteiger partial charge on any atom is 0.472 e. The Kier molecular flexibility index (Phi) is 66.2. The number of esters is 4. The molecular formula is C77H150O17P2. The van der Waals surface area contributed by atoms with Crippen molar-refractivity contribution in [1.29, 1.82) is 0 Å². The summed E-state index contributed by atoms with van der Waals surface area (Å²) in [6.45, 7) is 11.9. The summed E-state index contributed by atoms with van der Waals surface area (Å²) >= 11 is 0. The third-order valence-electron chi connectivity index (χ3n) is 18.2. The van der Waals surface area contributed by atoms with Crippen molar-refractivity contribution in [2.75, 3.05) is 39.6 Å². The van der Waals surface area contributed by atoms with Crippen LogP contribution in [0.5, 0.6) is 0 Å². The molecule has 0 aromatic heterocycles. The molecule has 0 saturated carbocycles. The molecule has 0 aliphatic rings. The van der Waals surface area contributed by atoms with Gasteiger partial charge in [0.25, 0.3) is 0 Å². The highest BCUT2D eigenvalue weighted by Gasteiger charge is 2.30. The molecule has 570 valence electrons. The van der Waals surface area contributed by atoms with Crippen molar-refractivity contribution in [3.63, 3.8) is 0 Å². The lowest BCUT2D eigenvalue weighted by Crippen LogP contribution is -2.30. The average Bonchev–Trinajstić information content (AvgIpc) is 1.10. The van der Waals surface area contributed by atoms with Gasteiger partial charge < -0.3 is 33.8 Å². The van der Waals surface area contributed by atoms with Crippen molar-refractivity contribution in [1.82, 2.24) is 0 Å². The minimum absolute atomic E-state index is 0.106. The Hall–Kier alpha value is -1.94. The molecule has 0 heterocycles. The number of aliphatic hydroxyl groups is 1. The molecule has 0 spiro atoms. The quantitative estimate of drug-likeness (QED) is 0.0222. The molecule has 0 saturated heterocycles. The van der Waals surface area contributed by atoms with Gasteiger partial charge in [0, 0.05) is 25.7 Å². The van der Waals surface area contributed by atoms with E-state index < -0.39 is 97.5 Å². The first kappa shape index (κ1) is 94.1. The number of unbranched alkanes of at least 4 members (excludes halogenated alkanes) is 42. The van der Waals surface area contributed by atoms with Crippen molar-refractivity contribution in [2.24, 2.45) is 17.8 Å². The summed E-state index contributed by atoms with van der Waals surface area (Å²) in [5.41, 5.74) is 0. The molecular weight excluding hydrogens is 1260 g/mol. The smallest absolute Gasteiger partial charge is 0.462 e. The van der Waals surface area contributed by atoms with Gasteiger partial charge in [-0.3, -0.25) is 37.3 Å². The van der Waals surface area contributed by atoms with Crippen LogP contribution in [0, 0.1) is 17.8 Å². The van der Waals surface area contributed by atoms with Gasteiger partial charge in [-0.2, -0.15) is 0 Å². The predicted molar refractivity (Wildman–Crippen MR) is 391 cm³/mol. The zero-order chi connectivity index (χ0) is 70.9. The van der Waals surface area contributed by atoms with E-state index in [1.165, 1.54) is 199 Å². The molecule has 0 rings (SSSR count). The van der Waals surface area contributed by atoms with E-state index in [1.54, 1.807) is 0 Å². The number of ether oxygens (including phenoxy) is 4. The summed E-state index contributed by atoms with van der Waals surface area (Å²) in [6, 6.07) is 0. The Bertz CT molecular complexity index is 1870. The lowest BCUT2D eigenvalue weighted by molar-refractivity contribution is -0.161. The lowest BCUT2D eigenvalue weighted by Gasteiger charge is -2.21. The Morgan fingerprint density at radius 2 is 0.531 bits per heavy atom. The molecule has 0 aromatic carbocycles. The molecule has 19 heteroatoms. The topological polar surface area (TPSA) is 237 Å². The molecule has 3 unspecified atom stereocenters. The van der Waals surface area contributed by atoms with Crippen molar-refractivity contribution >= 4 is 39.5 Å². The van der Waals surface area contributed by atoms with E-state index >= 15 is 0 Å². The van der Waals surface area contributed by atoms with Gasteiger partial charge in [0.2, 0.25) is 0 Å². The van der Waals surface area contributed by atoms with E-state index in [0.717, 1.165) is 108 Å². The van der Waals surface area contributed by atoms with Crippen LogP contribution in [-0.2, 0) is 65.4 Å². The van der Waals surface area contributed by atoms with Crippen LogP contribution in [0.2, 0.25) is 0 Å². The molecule has 0 aromatic rings. The van der Waals surface area contributed by atoms with Gasteiger partial charge in [-0.1, -0.05) is 344 Å². The van der Waals surface area contributed by atoms with Gasteiger partial charge in [0.15, 0.2) is 12.2 Å². The van der Waals surface area contributed by atoms with E-state index in [1.807, 2.05) is 0 Å². The minimum atomic E-state index is -4.96. The molecule has 0 aliphatic carbocycles. The van der Waals surface area contributed by atoms with Gasteiger partial charge in [-0.25, -0.2) is 9.13 Å². The molecule has 0 fully saturated rings. The number of phosphoric ester groups is 2. The second kappa shape index (κ2) is 67.5. The monoisotopic (exact) mass is 1410 g/mol. The summed E-state index contributed by atoms with van der Waals surface area (Å²) in [7, 11) is -9.91. The van der Waals surface area contributed by atoms with Gasteiger partial charge in [0.05, 0.1) is 26.4 Å². The fourth-order valence-electron chi connectivity index (χ4n) is 11.7. The molecule has 0 amide bonds. The van der Waals surface area contributed by atoms with Crippen LogP contribution in [0.4, 0.5) is 0 Å². The molecule has 6 atom stereocenters. The second-order valence-electron chi connectivity index (χ2n) is 28.9. The van der Waals surface area contributed by atoms with Crippen LogP contribution in [0.1, 0.15) is 395 Å². The van der Waals surface area contributed by atoms with Gasteiger partial charge in [-0.15, -0.1) is 0 Å². The summed E-state index contributed by atoms with van der Waals surface area (Å²) < 4.78 is 68.5. The van der Waals surface area contributed by atoms with E-state index in [0.29, 0.717) is 31.6 Å². The molecule has 0 radical (unpaired) electrons. The highest BCUT2D eigenvalue weighted by atomic mass is 31.2. The van der Waals surface area contributed by atoms with Crippen LogP contribution in [0.15, 0.2) is 0 Å². The van der Waals surface area contributed by atoms with Crippen LogP contribution < -0.4 is 0 Å². The number of hydrogen-bond donors (Lipinski definition) is 3. The standard InChI is InChI=1S/C77H150O17P2/c1-8-10-11-12-13-14-15-25-30-38-46-53-60-76(81)94-73(65-88-75(80)59-52-45-40-33-35-42-49-56-69(5)6)67-92-96(85,86)90-63-71(78)62-89-95(83,84)91-66-72(64-87-74(79)58-51-44-37-32-27-28-34-41-48-55-68(3)4)93-77(82)61-54-47-39-31-26-23-21-19-17-16-18-20-22-24-29-36-43-50-57-70(7)9-2/h68-73,78H,8-67H2,1-7H3,(H,83,84)(H,85,86)/t70?,71-,72-,73-/m1/s1. The van der Waals surface area contributed by atoms with Gasteiger partial charge in [0.1, 0.15) is 19.3 Å². The minimum Gasteiger partial charge on any atom is -0.462 e. The SMILES string of the molecule is CCCCCCCCCCCCCCC(=O)O[C@H](COC(=O)CCCCCCCCCC(C)C)COP(=O)(O)OC[C@H](O)COP(=O)(O)OC[C@@H](COC(=O)CCCCCCCCCCCC(C)C)OC(=O)CCCCCCCCCCCCCCCCCCCCC(C)CC. The molecule has 0 aliphatic heterocycles. The van der Waals surface area contributed by atoms with Crippen molar-refractivity contribution < 1.29 is 80.2 Å². The first-order valence-corrected chi connectivity index (χ1v) is 42.9. The largest absolute Gasteiger partial charge is 0.472 e. The van der Waals surface area contributed by atoms with Crippen molar-refractivity contribution in [2.45, 2.75) is 414 Å². The van der Waals surface area contributed by atoms with E-state index in [-0.39, 0.29) is 25.7 Å². The maximum absolute atomic E-state index is 13.1. The average molecular weight is 1410 g/mol. The van der Waals surface area contributed by atoms with E-state index in [4.69, 9.17) is 37.0 Å². The molecule has 17 nitrogen and oxygen atoms in total. The zero-order valence-electron chi connectivity index (χ0n) is 62.8. The number of carbonyl (C=O) groups excluding carboxylic acids is 4. The Morgan fingerprint density at radius 1 is 0.302 bits per heavy atom. The third-order valence-corrected chi connectivity index (χ3v) is 20.1. The zero-order valence-corrected chi connectivity index (χ0v) is 64.6. The Morgan fingerprint density at radius 3 is 0.792 bits per heavy atom. The highest BCUT2D eigenvalue weighted by Crippen LogP contribution is 2.45. The number of phosphoric acid groups is 2. The van der Waals surface area contributed by atoms with Crippen molar-refractivity contribution in [3.8, 4) is 0 Å².